The molecule has 1 saturated heterocycles. The molecule has 1 aliphatic rings. The van der Waals surface area contributed by atoms with Crippen LogP contribution in [-0.2, 0) is 16.6 Å². The van der Waals surface area contributed by atoms with Crippen LogP contribution in [0.2, 0.25) is 0 Å². The molecule has 2 heterocycles. The minimum atomic E-state index is -0.429. The molecule has 0 atom stereocenters. The molecule has 0 N–H and O–H groups in total. The maximum absolute atomic E-state index is 12.7. The molecule has 118 valence electrons. The molecule has 2 rings (SSSR count). The van der Waals surface area contributed by atoms with E-state index in [1.165, 1.54) is 0 Å². The van der Waals surface area contributed by atoms with E-state index in [2.05, 4.69) is 30.8 Å². The summed E-state index contributed by atoms with van der Waals surface area (Å²) in [6.45, 7) is 12.2. The maximum atomic E-state index is 12.7. The second kappa shape index (κ2) is 6.13. The van der Waals surface area contributed by atoms with Crippen LogP contribution in [0.5, 0.6) is 0 Å². The summed E-state index contributed by atoms with van der Waals surface area (Å²) in [6.07, 6.45) is 0.343. The Morgan fingerprint density at radius 2 is 1.90 bits per heavy atom. The van der Waals surface area contributed by atoms with E-state index in [4.69, 9.17) is 4.52 Å². The molecule has 4 nitrogen and oxygen atoms in total. The molecule has 0 aliphatic carbocycles. The average Bonchev–Trinajstić information content (AvgIpc) is 2.88. The number of carbonyl (C=O) groups is 1. The van der Waals surface area contributed by atoms with Crippen molar-refractivity contribution < 1.29 is 9.32 Å². The van der Waals surface area contributed by atoms with Gasteiger partial charge in [-0.1, -0.05) is 25.9 Å². The van der Waals surface area contributed by atoms with Crippen LogP contribution in [0.15, 0.2) is 10.6 Å². The summed E-state index contributed by atoms with van der Waals surface area (Å²) in [4.78, 5) is 15.0. The summed E-state index contributed by atoms with van der Waals surface area (Å²) in [5, 5.41) is 4.06. The van der Waals surface area contributed by atoms with E-state index < -0.39 is 5.54 Å². The van der Waals surface area contributed by atoms with Gasteiger partial charge < -0.3 is 4.52 Å². The lowest BCUT2D eigenvalue weighted by Crippen LogP contribution is -2.53. The lowest BCUT2D eigenvalue weighted by Gasteiger charge is -2.39. The van der Waals surface area contributed by atoms with Crippen LogP contribution in [0, 0.1) is 0 Å². The van der Waals surface area contributed by atoms with Gasteiger partial charge in [-0.3, -0.25) is 9.69 Å². The molecule has 0 unspecified atom stereocenters. The third-order valence-electron chi connectivity index (χ3n) is 4.12. The molecule has 0 amide bonds. The number of Topliss-reactive ketones (excluding diaryl/α,β-unsaturated/α-hetero) is 1. The third kappa shape index (κ3) is 3.89. The number of hydrogen-bond acceptors (Lipinski definition) is 5. The zero-order valence-corrected chi connectivity index (χ0v) is 14.5. The Morgan fingerprint density at radius 1 is 1.29 bits per heavy atom. The highest BCUT2D eigenvalue weighted by molar-refractivity contribution is 7.99. The molecule has 0 bridgehead atoms. The van der Waals surface area contributed by atoms with Crippen LogP contribution in [-0.4, -0.2) is 46.0 Å². The Hall–Kier alpha value is -0.810. The number of hydrogen-bond donors (Lipinski definition) is 0. The lowest BCUT2D eigenvalue weighted by molar-refractivity contribution is -0.128. The topological polar surface area (TPSA) is 46.3 Å². The molecule has 1 aliphatic heterocycles. The Morgan fingerprint density at radius 3 is 2.43 bits per heavy atom. The van der Waals surface area contributed by atoms with Crippen molar-refractivity contribution in [2.45, 2.75) is 52.0 Å². The fraction of sp³-hybridized carbons (Fsp3) is 0.750. The fourth-order valence-electron chi connectivity index (χ4n) is 2.43. The summed E-state index contributed by atoms with van der Waals surface area (Å²) in [5.41, 5.74) is 0.236. The van der Waals surface area contributed by atoms with Crippen LogP contribution < -0.4 is 0 Å². The Balaban J connectivity index is 2.04. The van der Waals surface area contributed by atoms with Crippen LogP contribution in [0.1, 0.15) is 46.1 Å². The molecular formula is C16H26N2O2S. The van der Waals surface area contributed by atoms with E-state index >= 15 is 0 Å². The number of nitrogens with zero attached hydrogens (tertiary/aromatic N) is 2. The molecule has 0 radical (unpaired) electrons. The monoisotopic (exact) mass is 310 g/mol. The summed E-state index contributed by atoms with van der Waals surface area (Å²) in [6, 6.07) is 1.92. The average molecular weight is 310 g/mol. The van der Waals surface area contributed by atoms with E-state index in [1.807, 2.05) is 31.7 Å². The van der Waals surface area contributed by atoms with E-state index in [-0.39, 0.29) is 11.2 Å². The van der Waals surface area contributed by atoms with E-state index in [1.54, 1.807) is 0 Å². The second-order valence-corrected chi connectivity index (χ2v) is 8.42. The molecule has 1 aromatic rings. The first kappa shape index (κ1) is 16.6. The Labute approximate surface area is 131 Å². The van der Waals surface area contributed by atoms with Crippen molar-refractivity contribution in [3.05, 3.63) is 17.5 Å². The molecule has 5 heteroatoms. The molecule has 1 fully saturated rings. The van der Waals surface area contributed by atoms with Gasteiger partial charge in [-0.25, -0.2) is 0 Å². The standard InChI is InChI=1S/C16H26N2O2S/c1-15(2,3)14-11-12(17-20-14)10-13(19)16(4,5)18-6-8-21-9-7-18/h11H,6-10H2,1-5H3. The zero-order chi connectivity index (χ0) is 15.7. The van der Waals surface area contributed by atoms with Crippen molar-refractivity contribution in [1.29, 1.82) is 0 Å². The van der Waals surface area contributed by atoms with E-state index in [9.17, 15) is 4.79 Å². The van der Waals surface area contributed by atoms with E-state index in [0.29, 0.717) is 6.42 Å². The van der Waals surface area contributed by atoms with Crippen LogP contribution in [0.4, 0.5) is 0 Å². The highest BCUT2D eigenvalue weighted by atomic mass is 32.2. The normalized spacial score (nSPS) is 18.0. The van der Waals surface area contributed by atoms with Gasteiger partial charge in [0, 0.05) is 36.1 Å². The van der Waals surface area contributed by atoms with Gasteiger partial charge in [0.1, 0.15) is 5.76 Å². The van der Waals surface area contributed by atoms with Gasteiger partial charge in [-0.2, -0.15) is 11.8 Å². The summed E-state index contributed by atoms with van der Waals surface area (Å²) in [5.74, 6) is 3.25. The Kier molecular flexibility index (Phi) is 4.83. The van der Waals surface area contributed by atoms with Crippen LogP contribution in [0.3, 0.4) is 0 Å². The molecule has 0 aromatic carbocycles. The van der Waals surface area contributed by atoms with Gasteiger partial charge in [0.25, 0.3) is 0 Å². The molecular weight excluding hydrogens is 284 g/mol. The number of carbonyl (C=O) groups excluding carboxylic acids is 1. The first-order valence-electron chi connectivity index (χ1n) is 7.53. The van der Waals surface area contributed by atoms with Crippen molar-refractivity contribution in [2.75, 3.05) is 24.6 Å². The van der Waals surface area contributed by atoms with Crippen molar-refractivity contribution >= 4 is 17.5 Å². The highest BCUT2D eigenvalue weighted by Crippen LogP contribution is 2.25. The number of aromatic nitrogens is 1. The lowest BCUT2D eigenvalue weighted by atomic mass is 9.91. The second-order valence-electron chi connectivity index (χ2n) is 7.19. The number of rotatable bonds is 4. The van der Waals surface area contributed by atoms with Crippen molar-refractivity contribution in [3.8, 4) is 0 Å². The summed E-state index contributed by atoms with van der Waals surface area (Å²) in [7, 11) is 0. The quantitative estimate of drug-likeness (QED) is 0.855. The minimum absolute atomic E-state index is 0.0755. The van der Waals surface area contributed by atoms with Gasteiger partial charge >= 0.3 is 0 Å². The highest BCUT2D eigenvalue weighted by Gasteiger charge is 2.35. The Bertz CT molecular complexity index is 497. The maximum Gasteiger partial charge on any atom is 0.158 e. The van der Waals surface area contributed by atoms with Gasteiger partial charge in [0.15, 0.2) is 5.78 Å². The van der Waals surface area contributed by atoms with Gasteiger partial charge in [-0.05, 0) is 13.8 Å². The van der Waals surface area contributed by atoms with Crippen LogP contribution >= 0.6 is 11.8 Å². The fourth-order valence-corrected chi connectivity index (χ4v) is 3.33. The number of thioether (sulfide) groups is 1. The minimum Gasteiger partial charge on any atom is -0.361 e. The van der Waals surface area contributed by atoms with Gasteiger partial charge in [0.05, 0.1) is 17.7 Å². The smallest absolute Gasteiger partial charge is 0.158 e. The first-order chi connectivity index (χ1) is 9.71. The van der Waals surface area contributed by atoms with E-state index in [0.717, 1.165) is 36.0 Å². The molecule has 21 heavy (non-hydrogen) atoms. The molecule has 0 saturated carbocycles. The first-order valence-corrected chi connectivity index (χ1v) is 8.69. The number of ketones is 1. The van der Waals surface area contributed by atoms with Gasteiger partial charge in [0.2, 0.25) is 0 Å². The SMILES string of the molecule is CC(C)(C)c1cc(CC(=O)C(C)(C)N2CCSCC2)no1. The molecule has 1 aromatic heterocycles. The third-order valence-corrected chi connectivity index (χ3v) is 5.07. The van der Waals surface area contributed by atoms with Gasteiger partial charge in [-0.15, -0.1) is 0 Å². The van der Waals surface area contributed by atoms with Crippen LogP contribution in [0.25, 0.3) is 0 Å². The summed E-state index contributed by atoms with van der Waals surface area (Å²) >= 11 is 1.96. The zero-order valence-electron chi connectivity index (χ0n) is 13.7. The van der Waals surface area contributed by atoms with Crippen molar-refractivity contribution in [1.82, 2.24) is 10.1 Å². The largest absolute Gasteiger partial charge is 0.361 e. The van der Waals surface area contributed by atoms with Crippen molar-refractivity contribution in [3.63, 3.8) is 0 Å². The summed E-state index contributed by atoms with van der Waals surface area (Å²) < 4.78 is 5.37. The molecule has 0 spiro atoms. The van der Waals surface area contributed by atoms with Crippen molar-refractivity contribution in [2.24, 2.45) is 0 Å². The predicted molar refractivity (Wildman–Crippen MR) is 86.9 cm³/mol. The predicted octanol–water partition coefficient (Wildman–Crippen LogP) is 2.91.